The molecular formula is C41H78O6. The maximum atomic E-state index is 12.6. The number of unbranched alkanes of at least 4 members (excludes halogenated alkanes) is 23. The van der Waals surface area contributed by atoms with Crippen molar-refractivity contribution in [3.05, 3.63) is 0 Å². The molecule has 0 radical (unpaired) electrons. The van der Waals surface area contributed by atoms with Gasteiger partial charge in [0.15, 0.2) is 6.10 Å². The maximum Gasteiger partial charge on any atom is 0.306 e. The third-order valence-corrected chi connectivity index (χ3v) is 9.04. The molecule has 0 saturated carbocycles. The number of hydrogen-bond donors (Lipinski definition) is 0. The molecule has 47 heavy (non-hydrogen) atoms. The molecule has 0 spiro atoms. The van der Waals surface area contributed by atoms with Crippen LogP contribution in [0.4, 0.5) is 0 Å². The van der Waals surface area contributed by atoms with Crippen molar-refractivity contribution in [2.75, 3.05) is 13.2 Å². The Morgan fingerprint density at radius 2 is 0.702 bits per heavy atom. The van der Waals surface area contributed by atoms with Crippen LogP contribution in [0.2, 0.25) is 0 Å². The highest BCUT2D eigenvalue weighted by Crippen LogP contribution is 2.15. The van der Waals surface area contributed by atoms with Crippen LogP contribution < -0.4 is 0 Å². The van der Waals surface area contributed by atoms with Gasteiger partial charge in [-0.1, -0.05) is 182 Å². The molecule has 278 valence electrons. The van der Waals surface area contributed by atoms with Crippen LogP contribution in [0.1, 0.15) is 220 Å². The maximum absolute atomic E-state index is 12.6. The fraction of sp³-hybridized carbons (Fsp3) is 0.927. The van der Waals surface area contributed by atoms with Crippen molar-refractivity contribution in [2.45, 2.75) is 226 Å². The van der Waals surface area contributed by atoms with Gasteiger partial charge in [0.1, 0.15) is 13.2 Å². The summed E-state index contributed by atoms with van der Waals surface area (Å²) in [5.41, 5.74) is 0. The first-order chi connectivity index (χ1) is 22.9. The Morgan fingerprint density at radius 1 is 0.404 bits per heavy atom. The van der Waals surface area contributed by atoms with Gasteiger partial charge >= 0.3 is 17.9 Å². The lowest BCUT2D eigenvalue weighted by Gasteiger charge is -2.18. The summed E-state index contributed by atoms with van der Waals surface area (Å²) in [6.07, 6.45) is 32.6. The molecule has 6 heteroatoms. The topological polar surface area (TPSA) is 78.9 Å². The summed E-state index contributed by atoms with van der Waals surface area (Å²) in [4.78, 5) is 37.3. The number of carbonyl (C=O) groups excluding carboxylic acids is 3. The van der Waals surface area contributed by atoms with E-state index in [0.29, 0.717) is 19.3 Å². The van der Waals surface area contributed by atoms with Gasteiger partial charge in [0.25, 0.3) is 0 Å². The molecule has 0 aliphatic rings. The van der Waals surface area contributed by atoms with Crippen molar-refractivity contribution in [3.8, 4) is 0 Å². The lowest BCUT2D eigenvalue weighted by Crippen LogP contribution is -2.30. The lowest BCUT2D eigenvalue weighted by molar-refractivity contribution is -0.167. The molecule has 0 aliphatic heterocycles. The predicted octanol–water partition coefficient (Wildman–Crippen LogP) is 12.4. The summed E-state index contributed by atoms with van der Waals surface area (Å²) < 4.78 is 16.5. The Kier molecular flexibility index (Phi) is 34.5. The molecule has 0 unspecified atom stereocenters. The summed E-state index contributed by atoms with van der Waals surface area (Å²) in [6.45, 7) is 8.86. The Balaban J connectivity index is 4.24. The average molecular weight is 667 g/mol. The van der Waals surface area contributed by atoms with E-state index in [1.54, 1.807) is 0 Å². The van der Waals surface area contributed by atoms with Crippen LogP contribution in [0.3, 0.4) is 0 Å². The molecule has 0 amide bonds. The second kappa shape index (κ2) is 35.7. The number of hydrogen-bond acceptors (Lipinski definition) is 6. The minimum absolute atomic E-state index is 0.0659. The normalized spacial score (nSPS) is 11.9. The third-order valence-electron chi connectivity index (χ3n) is 9.04. The first-order valence-corrected chi connectivity index (χ1v) is 20.4. The molecule has 0 aliphatic carbocycles. The van der Waals surface area contributed by atoms with E-state index in [0.717, 1.165) is 70.1 Å². The molecule has 0 N–H and O–H groups in total. The molecule has 0 fully saturated rings. The van der Waals surface area contributed by atoms with E-state index in [9.17, 15) is 14.4 Å². The van der Waals surface area contributed by atoms with Crippen LogP contribution in [-0.2, 0) is 28.6 Å². The summed E-state index contributed by atoms with van der Waals surface area (Å²) >= 11 is 0. The highest BCUT2D eigenvalue weighted by Gasteiger charge is 2.19. The molecule has 0 aromatic carbocycles. The fourth-order valence-electron chi connectivity index (χ4n) is 5.92. The van der Waals surface area contributed by atoms with Crippen molar-refractivity contribution in [3.63, 3.8) is 0 Å². The zero-order chi connectivity index (χ0) is 34.6. The first kappa shape index (κ1) is 45.4. The molecule has 0 saturated heterocycles. The zero-order valence-corrected chi connectivity index (χ0v) is 31.7. The smallest absolute Gasteiger partial charge is 0.306 e. The SMILES string of the molecule is CCCCCCCCCCCCCCCC(=O)OC[C@H](COC(=O)CCCCCCC)OC(=O)CCCCCCCCCCC(C)C. The molecule has 0 rings (SSSR count). The summed E-state index contributed by atoms with van der Waals surface area (Å²) in [5, 5.41) is 0. The Hall–Kier alpha value is -1.59. The van der Waals surface area contributed by atoms with Gasteiger partial charge in [-0.2, -0.15) is 0 Å². The monoisotopic (exact) mass is 667 g/mol. The van der Waals surface area contributed by atoms with Gasteiger partial charge in [-0.05, 0) is 25.2 Å². The van der Waals surface area contributed by atoms with Gasteiger partial charge in [0.2, 0.25) is 0 Å². The number of rotatable bonds is 36. The minimum Gasteiger partial charge on any atom is -0.462 e. The number of ether oxygens (including phenoxy) is 3. The van der Waals surface area contributed by atoms with E-state index in [1.807, 2.05) is 0 Å². The van der Waals surface area contributed by atoms with Crippen LogP contribution in [0.15, 0.2) is 0 Å². The standard InChI is InChI=1S/C41H78O6/c1-5-7-9-11-12-13-14-15-16-17-21-25-29-33-40(43)46-36-38(35-45-39(42)32-28-23-10-8-6-2)47-41(44)34-30-26-22-19-18-20-24-27-31-37(3)4/h37-38H,5-36H2,1-4H3/t38-/m0/s1. The molecule has 6 nitrogen and oxygen atoms in total. The van der Waals surface area contributed by atoms with Crippen LogP contribution in [0.25, 0.3) is 0 Å². The highest BCUT2D eigenvalue weighted by atomic mass is 16.6. The van der Waals surface area contributed by atoms with Crippen molar-refractivity contribution in [2.24, 2.45) is 5.92 Å². The van der Waals surface area contributed by atoms with E-state index < -0.39 is 6.10 Å². The molecular weight excluding hydrogens is 588 g/mol. The van der Waals surface area contributed by atoms with E-state index in [2.05, 4.69) is 27.7 Å². The number of esters is 3. The largest absolute Gasteiger partial charge is 0.462 e. The van der Waals surface area contributed by atoms with Crippen LogP contribution in [-0.4, -0.2) is 37.2 Å². The van der Waals surface area contributed by atoms with Gasteiger partial charge in [-0.25, -0.2) is 0 Å². The van der Waals surface area contributed by atoms with Crippen molar-refractivity contribution in [1.29, 1.82) is 0 Å². The fourth-order valence-corrected chi connectivity index (χ4v) is 5.92. The van der Waals surface area contributed by atoms with Crippen LogP contribution in [0, 0.1) is 5.92 Å². The van der Waals surface area contributed by atoms with E-state index in [4.69, 9.17) is 14.2 Å². The number of carbonyl (C=O) groups is 3. The molecule has 0 aromatic heterocycles. The van der Waals surface area contributed by atoms with Crippen LogP contribution in [0.5, 0.6) is 0 Å². The van der Waals surface area contributed by atoms with Crippen molar-refractivity contribution < 1.29 is 28.6 Å². The van der Waals surface area contributed by atoms with Gasteiger partial charge < -0.3 is 14.2 Å². The zero-order valence-electron chi connectivity index (χ0n) is 31.7. The molecule has 0 aromatic rings. The van der Waals surface area contributed by atoms with Crippen molar-refractivity contribution in [1.82, 2.24) is 0 Å². The minimum atomic E-state index is -0.757. The second-order valence-electron chi connectivity index (χ2n) is 14.4. The molecule has 0 heterocycles. The Bertz CT molecular complexity index is 706. The Labute approximate surface area is 291 Å². The van der Waals surface area contributed by atoms with E-state index in [-0.39, 0.29) is 31.1 Å². The van der Waals surface area contributed by atoms with Gasteiger partial charge in [-0.3, -0.25) is 14.4 Å². The summed E-state index contributed by atoms with van der Waals surface area (Å²) in [5.74, 6) is -0.0832. The van der Waals surface area contributed by atoms with E-state index in [1.165, 1.54) is 109 Å². The molecule has 1 atom stereocenters. The van der Waals surface area contributed by atoms with Gasteiger partial charge in [0, 0.05) is 19.3 Å². The lowest BCUT2D eigenvalue weighted by atomic mass is 10.0. The van der Waals surface area contributed by atoms with Gasteiger partial charge in [-0.15, -0.1) is 0 Å². The van der Waals surface area contributed by atoms with Crippen LogP contribution >= 0.6 is 0 Å². The first-order valence-electron chi connectivity index (χ1n) is 20.4. The van der Waals surface area contributed by atoms with Gasteiger partial charge in [0.05, 0.1) is 0 Å². The second-order valence-corrected chi connectivity index (χ2v) is 14.4. The summed E-state index contributed by atoms with van der Waals surface area (Å²) in [7, 11) is 0. The molecule has 0 bridgehead atoms. The van der Waals surface area contributed by atoms with E-state index >= 15 is 0 Å². The third kappa shape index (κ3) is 35.5. The predicted molar refractivity (Wildman–Crippen MR) is 196 cm³/mol. The highest BCUT2D eigenvalue weighted by molar-refractivity contribution is 5.71. The van der Waals surface area contributed by atoms with Crippen molar-refractivity contribution >= 4 is 17.9 Å². The Morgan fingerprint density at radius 3 is 1.04 bits per heavy atom. The summed E-state index contributed by atoms with van der Waals surface area (Å²) in [6, 6.07) is 0. The average Bonchev–Trinajstić information content (AvgIpc) is 3.05. The quantitative estimate of drug-likeness (QED) is 0.0376.